The van der Waals surface area contributed by atoms with E-state index in [0.29, 0.717) is 30.3 Å². The molecule has 0 N–H and O–H groups in total. The number of hydrogen-bond acceptors (Lipinski definition) is 11. The summed E-state index contributed by atoms with van der Waals surface area (Å²) in [6, 6.07) is 5.76. The van der Waals surface area contributed by atoms with Crippen molar-refractivity contribution >= 4 is 6.21 Å². The predicted molar refractivity (Wildman–Crippen MR) is 184 cm³/mol. The summed E-state index contributed by atoms with van der Waals surface area (Å²) >= 11 is 0. The molecule has 0 amide bonds. The van der Waals surface area contributed by atoms with E-state index in [0.717, 1.165) is 57.1 Å². The molecule has 10 aliphatic rings. The lowest BCUT2D eigenvalue weighted by Crippen LogP contribution is -2.70. The molecule has 0 aromatic carbocycles. The molecule has 51 heavy (non-hydrogen) atoms. The molecule has 11 rings (SSSR count). The summed E-state index contributed by atoms with van der Waals surface area (Å²) in [5, 5.41) is 4.37. The number of oxime groups is 1. The molecule has 1 aromatic heterocycles. The Hall–Kier alpha value is -1.70. The molecule has 2 spiro atoms. The number of nitrogens with zero attached hydrogens (tertiary/aromatic N) is 2. The third-order valence-electron chi connectivity index (χ3n) is 15.0. The van der Waals surface area contributed by atoms with Gasteiger partial charge in [-0.1, -0.05) is 38.9 Å². The minimum absolute atomic E-state index is 0.0504. The monoisotopic (exact) mass is 710 g/mol. The average molecular weight is 711 g/mol. The molecule has 10 fully saturated rings. The van der Waals surface area contributed by atoms with Crippen molar-refractivity contribution < 1.29 is 43.3 Å². The van der Waals surface area contributed by atoms with Crippen LogP contribution in [0.1, 0.15) is 111 Å². The van der Waals surface area contributed by atoms with Crippen molar-refractivity contribution in [2.75, 3.05) is 6.61 Å². The van der Waals surface area contributed by atoms with Gasteiger partial charge in [-0.3, -0.25) is 4.98 Å². The van der Waals surface area contributed by atoms with Gasteiger partial charge >= 0.3 is 0 Å². The van der Waals surface area contributed by atoms with Crippen LogP contribution in [-0.2, 0) is 43.3 Å². The fourth-order valence-electron chi connectivity index (χ4n) is 12.1. The van der Waals surface area contributed by atoms with Gasteiger partial charge < -0.3 is 23.8 Å². The SMILES string of the molecule is C[C@@H]1[C@H](CC(CO/N=C/c2ccccn2)C[C@H]2O[C@H]3O[C@]4(C)CCC5[C@@H](C)CC[C@@H]([C@H]2C)[C@@]53OO4)O[C@@H]2O[C@@]3(C)CCC4[C@H](C)CC[C@@H]1[C@]42OO3. The lowest BCUT2D eigenvalue weighted by atomic mass is 9.56. The van der Waals surface area contributed by atoms with Gasteiger partial charge in [0.25, 0.3) is 0 Å². The van der Waals surface area contributed by atoms with Gasteiger partial charge in [-0.05, 0) is 113 Å². The highest BCUT2D eigenvalue weighted by molar-refractivity contribution is 5.76. The third kappa shape index (κ3) is 5.66. The van der Waals surface area contributed by atoms with E-state index in [9.17, 15) is 0 Å². The summed E-state index contributed by atoms with van der Waals surface area (Å²) in [5.41, 5.74) is -0.408. The van der Waals surface area contributed by atoms with Gasteiger partial charge in [-0.25, -0.2) is 19.6 Å². The van der Waals surface area contributed by atoms with Crippen molar-refractivity contribution in [2.24, 2.45) is 58.4 Å². The van der Waals surface area contributed by atoms with Crippen molar-refractivity contribution in [1.82, 2.24) is 4.98 Å². The molecule has 3 unspecified atom stereocenters. The van der Waals surface area contributed by atoms with Crippen LogP contribution in [0.4, 0.5) is 0 Å². The fourth-order valence-corrected chi connectivity index (χ4v) is 12.1. The van der Waals surface area contributed by atoms with E-state index in [-0.39, 0.29) is 41.8 Å². The summed E-state index contributed by atoms with van der Waals surface area (Å²) < 4.78 is 27.6. The van der Waals surface area contributed by atoms with Crippen molar-refractivity contribution in [3.63, 3.8) is 0 Å². The minimum atomic E-state index is -0.803. The number of ether oxygens (including phenoxy) is 4. The first-order chi connectivity index (χ1) is 24.5. The Kier molecular flexibility index (Phi) is 8.90. The maximum atomic E-state index is 7.08. The van der Waals surface area contributed by atoms with Gasteiger partial charge in [0, 0.05) is 36.8 Å². The number of pyridine rings is 1. The van der Waals surface area contributed by atoms with Crippen LogP contribution in [0.25, 0.3) is 0 Å². The second-order valence-corrected chi connectivity index (χ2v) is 18.0. The predicted octanol–water partition coefficient (Wildman–Crippen LogP) is 7.33. The van der Waals surface area contributed by atoms with Crippen molar-refractivity contribution in [2.45, 2.75) is 153 Å². The molecule has 1 aromatic rings. The molecule has 11 heteroatoms. The normalized spacial score (nSPS) is 52.0. The van der Waals surface area contributed by atoms with Crippen molar-refractivity contribution in [3.05, 3.63) is 30.1 Å². The summed E-state index contributed by atoms with van der Waals surface area (Å²) in [5.74, 6) is 1.23. The smallest absolute Gasteiger partial charge is 0.201 e. The first-order valence-electron chi connectivity index (χ1n) is 20.0. The highest BCUT2D eigenvalue weighted by Crippen LogP contribution is 2.63. The molecule has 4 bridgehead atoms. The number of rotatable bonds is 8. The number of hydrogen-bond donors (Lipinski definition) is 0. The zero-order valence-corrected chi connectivity index (χ0v) is 31.2. The van der Waals surface area contributed by atoms with E-state index in [2.05, 4.69) is 37.8 Å². The Morgan fingerprint density at radius 1 is 0.745 bits per heavy atom. The topological polar surface area (TPSA) is 108 Å². The Balaban J connectivity index is 0.982. The van der Waals surface area contributed by atoms with Crippen molar-refractivity contribution in [3.8, 4) is 0 Å². The summed E-state index contributed by atoms with van der Waals surface area (Å²) in [4.78, 5) is 35.5. The molecule has 9 heterocycles. The maximum absolute atomic E-state index is 7.08. The van der Waals surface area contributed by atoms with E-state index in [1.54, 1.807) is 12.4 Å². The Labute approximate surface area is 302 Å². The standard InChI is InChI=1S/C40H58N2O9/c1-23-10-12-31-25(3)33(44-35-39(31)29(23)14-16-37(5,46-35)48-50-39)19-27(22-43-42-21-28-9-7-8-18-41-28)20-34-26(4)32-13-11-24(2)30-15-17-38(6)47-36(45-34)40(30,32)51-49-38/h7-9,18,21,23-27,29-36H,10-17,19-20,22H2,1-6H3/b42-21+/t23-,24+,25+,26-,27?,29?,30?,31-,32-,33+,34-,35-,36+,37-,38+,39-,40+/m0/s1. The number of fused-ring (bicyclic) bond motifs is 4. The Morgan fingerprint density at radius 2 is 1.29 bits per heavy atom. The second kappa shape index (κ2) is 13.0. The molecule has 11 nitrogen and oxygen atoms in total. The highest BCUT2D eigenvalue weighted by Gasteiger charge is 2.71. The molecular formula is C40H58N2O9. The van der Waals surface area contributed by atoms with E-state index in [4.69, 9.17) is 43.3 Å². The first-order valence-corrected chi connectivity index (χ1v) is 20.0. The van der Waals surface area contributed by atoms with E-state index >= 15 is 0 Å². The van der Waals surface area contributed by atoms with Gasteiger partial charge in [0.1, 0.15) is 6.61 Å². The Bertz CT molecular complexity index is 1370. The van der Waals surface area contributed by atoms with Gasteiger partial charge in [-0.15, -0.1) is 0 Å². The van der Waals surface area contributed by atoms with Crippen LogP contribution in [0.15, 0.2) is 29.6 Å². The van der Waals surface area contributed by atoms with Crippen LogP contribution in [0.2, 0.25) is 0 Å². The largest absolute Gasteiger partial charge is 0.395 e. The van der Waals surface area contributed by atoms with Crippen LogP contribution in [0, 0.1) is 53.3 Å². The van der Waals surface area contributed by atoms with Gasteiger partial charge in [0.2, 0.25) is 11.6 Å². The molecule has 2 saturated carbocycles. The average Bonchev–Trinajstić information content (AvgIpc) is 3.49. The molecule has 8 aliphatic heterocycles. The van der Waals surface area contributed by atoms with Crippen LogP contribution in [-0.4, -0.2) is 65.4 Å². The van der Waals surface area contributed by atoms with Gasteiger partial charge in [0.15, 0.2) is 23.8 Å². The van der Waals surface area contributed by atoms with E-state index < -0.39 is 35.4 Å². The molecule has 8 saturated heterocycles. The van der Waals surface area contributed by atoms with E-state index in [1.807, 2.05) is 32.0 Å². The molecule has 2 aliphatic carbocycles. The maximum Gasteiger partial charge on any atom is 0.201 e. The van der Waals surface area contributed by atoms with Crippen molar-refractivity contribution in [1.29, 1.82) is 0 Å². The Morgan fingerprint density at radius 3 is 1.80 bits per heavy atom. The van der Waals surface area contributed by atoms with Gasteiger partial charge in [0.05, 0.1) is 24.1 Å². The van der Waals surface area contributed by atoms with Crippen LogP contribution < -0.4 is 0 Å². The quantitative estimate of drug-likeness (QED) is 0.155. The first kappa shape index (κ1) is 35.0. The summed E-state index contributed by atoms with van der Waals surface area (Å²) in [6.07, 6.45) is 12.1. The summed E-state index contributed by atoms with van der Waals surface area (Å²) in [7, 11) is 0. The van der Waals surface area contributed by atoms with E-state index in [1.165, 1.54) is 12.8 Å². The highest BCUT2D eigenvalue weighted by atomic mass is 17.3. The summed E-state index contributed by atoms with van der Waals surface area (Å²) in [6.45, 7) is 13.8. The lowest BCUT2D eigenvalue weighted by molar-refractivity contribution is -0.571. The number of aromatic nitrogens is 1. The molecule has 0 radical (unpaired) electrons. The molecular weight excluding hydrogens is 652 g/mol. The molecule has 17 atom stereocenters. The zero-order valence-electron chi connectivity index (χ0n) is 31.2. The second-order valence-electron chi connectivity index (χ2n) is 18.0. The fraction of sp³-hybridized carbons (Fsp3) is 0.850. The van der Waals surface area contributed by atoms with Crippen LogP contribution in [0.3, 0.4) is 0 Å². The minimum Gasteiger partial charge on any atom is -0.395 e. The van der Waals surface area contributed by atoms with Crippen LogP contribution in [0.5, 0.6) is 0 Å². The lowest BCUT2D eigenvalue weighted by Gasteiger charge is -2.61. The molecule has 282 valence electrons. The zero-order chi connectivity index (χ0) is 35.2. The third-order valence-corrected chi connectivity index (χ3v) is 15.0. The van der Waals surface area contributed by atoms with Gasteiger partial charge in [-0.2, -0.15) is 0 Å². The van der Waals surface area contributed by atoms with Crippen LogP contribution >= 0.6 is 0 Å².